The summed E-state index contributed by atoms with van der Waals surface area (Å²) in [5.41, 5.74) is 1.02. The summed E-state index contributed by atoms with van der Waals surface area (Å²) in [5, 5.41) is 8.07. The van der Waals surface area contributed by atoms with Crippen molar-refractivity contribution in [2.45, 2.75) is 6.42 Å². The largest absolute Gasteiger partial charge is 0.370 e. The van der Waals surface area contributed by atoms with E-state index in [4.69, 9.17) is 0 Å². The summed E-state index contributed by atoms with van der Waals surface area (Å²) in [6.45, 7) is 0.513. The van der Waals surface area contributed by atoms with Gasteiger partial charge in [0, 0.05) is 17.1 Å². The number of fused-ring (bicyclic) bond motifs is 2. The fourth-order valence-corrected chi connectivity index (χ4v) is 2.15. The van der Waals surface area contributed by atoms with Crippen LogP contribution in [-0.4, -0.2) is 17.6 Å². The number of hydrogen-bond donors (Lipinski definition) is 2. The monoisotopic (exact) mass is 201 g/mol. The molecule has 76 valence electrons. The first kappa shape index (κ1) is 8.47. The molecule has 1 aliphatic heterocycles. The van der Waals surface area contributed by atoms with E-state index in [0.29, 0.717) is 6.67 Å². The summed E-state index contributed by atoms with van der Waals surface area (Å²) in [7, 11) is 0. The van der Waals surface area contributed by atoms with Crippen LogP contribution in [0.5, 0.6) is 0 Å². The molecule has 1 atom stereocenters. The van der Waals surface area contributed by atoms with Gasteiger partial charge in [-0.3, -0.25) is 9.78 Å². The number of hydrogen-bond acceptors (Lipinski definition) is 3. The molecule has 1 aromatic rings. The Morgan fingerprint density at radius 1 is 1.40 bits per heavy atom. The second-order valence-electron chi connectivity index (χ2n) is 3.74. The Bertz CT molecular complexity index is 535. The zero-order valence-electron chi connectivity index (χ0n) is 8.16. The molecule has 0 saturated carbocycles. The highest BCUT2D eigenvalue weighted by atomic mass is 16.2. The highest BCUT2D eigenvalue weighted by molar-refractivity contribution is 5.90. The number of nitrogens with one attached hydrogen (secondary N) is 2. The molecule has 15 heavy (non-hydrogen) atoms. The van der Waals surface area contributed by atoms with Gasteiger partial charge >= 0.3 is 0 Å². The zero-order valence-corrected chi connectivity index (χ0v) is 8.16. The fraction of sp³-hybridized carbons (Fsp3) is 0.273. The van der Waals surface area contributed by atoms with Gasteiger partial charge in [0.1, 0.15) is 0 Å². The number of amides is 1. The second-order valence-corrected chi connectivity index (χ2v) is 3.74. The molecule has 1 fully saturated rings. The van der Waals surface area contributed by atoms with Crippen molar-refractivity contribution in [1.82, 2.24) is 15.6 Å². The van der Waals surface area contributed by atoms with E-state index in [0.717, 1.165) is 22.7 Å². The van der Waals surface area contributed by atoms with Gasteiger partial charge in [0.05, 0.1) is 17.9 Å². The van der Waals surface area contributed by atoms with Crippen LogP contribution in [0.4, 0.5) is 0 Å². The van der Waals surface area contributed by atoms with E-state index in [-0.39, 0.29) is 11.8 Å². The number of carbonyl (C=O) groups is 1. The van der Waals surface area contributed by atoms with Crippen molar-refractivity contribution in [3.63, 3.8) is 0 Å². The smallest absolute Gasteiger partial charge is 0.230 e. The van der Waals surface area contributed by atoms with Gasteiger partial charge in [-0.15, -0.1) is 0 Å². The Labute approximate surface area is 86.7 Å². The summed E-state index contributed by atoms with van der Waals surface area (Å²) in [6.07, 6.45) is 4.54. The van der Waals surface area contributed by atoms with Crippen LogP contribution in [-0.2, 0) is 4.79 Å². The summed E-state index contributed by atoms with van der Waals surface area (Å²) >= 11 is 0. The van der Waals surface area contributed by atoms with Gasteiger partial charge in [-0.2, -0.15) is 0 Å². The van der Waals surface area contributed by atoms with Crippen molar-refractivity contribution in [3.8, 4) is 0 Å². The van der Waals surface area contributed by atoms with E-state index in [2.05, 4.69) is 15.6 Å². The quantitative estimate of drug-likeness (QED) is 0.546. The molecule has 1 unspecified atom stereocenters. The molecule has 4 nitrogen and oxygen atoms in total. The summed E-state index contributed by atoms with van der Waals surface area (Å²) in [5.74, 6) is 0.0463. The molecule has 1 saturated heterocycles. The van der Waals surface area contributed by atoms with Gasteiger partial charge in [0.25, 0.3) is 0 Å². The minimum atomic E-state index is -0.0598. The number of pyridine rings is 1. The van der Waals surface area contributed by atoms with Crippen LogP contribution in [0, 0.1) is 5.92 Å². The third kappa shape index (κ3) is 1.21. The van der Waals surface area contributed by atoms with Gasteiger partial charge in [-0.1, -0.05) is 6.08 Å². The van der Waals surface area contributed by atoms with Crippen molar-refractivity contribution in [2.75, 3.05) is 6.67 Å². The van der Waals surface area contributed by atoms with Crippen molar-refractivity contribution >= 4 is 17.7 Å². The van der Waals surface area contributed by atoms with E-state index in [1.807, 2.05) is 18.2 Å². The number of aromatic nitrogens is 1. The van der Waals surface area contributed by atoms with Gasteiger partial charge in [0.2, 0.25) is 5.91 Å². The highest BCUT2D eigenvalue weighted by Gasteiger charge is 2.27. The normalized spacial score (nSPS) is 23.1. The Morgan fingerprint density at radius 3 is 3.27 bits per heavy atom. The zero-order chi connectivity index (χ0) is 10.3. The third-order valence-corrected chi connectivity index (χ3v) is 2.88. The maximum Gasteiger partial charge on any atom is 0.230 e. The van der Waals surface area contributed by atoms with Crippen LogP contribution in [0.2, 0.25) is 0 Å². The fourth-order valence-electron chi connectivity index (χ4n) is 2.15. The molecule has 2 aliphatic rings. The van der Waals surface area contributed by atoms with Crippen LogP contribution < -0.4 is 21.2 Å². The molecule has 2 N–H and O–H groups in total. The maximum atomic E-state index is 11.6. The van der Waals surface area contributed by atoms with Crippen LogP contribution in [0.15, 0.2) is 18.3 Å². The second kappa shape index (κ2) is 3.08. The van der Waals surface area contributed by atoms with E-state index in [9.17, 15) is 4.79 Å². The Balaban J connectivity index is 2.29. The first-order chi connectivity index (χ1) is 7.36. The number of nitrogens with zero attached hydrogens (tertiary/aromatic N) is 1. The predicted molar refractivity (Wildman–Crippen MR) is 55.6 cm³/mol. The molecule has 0 bridgehead atoms. The lowest BCUT2D eigenvalue weighted by Gasteiger charge is -2.27. The lowest BCUT2D eigenvalue weighted by Crippen LogP contribution is -2.52. The Kier molecular flexibility index (Phi) is 1.74. The highest BCUT2D eigenvalue weighted by Crippen LogP contribution is 2.17. The molecule has 1 aromatic heterocycles. The summed E-state index contributed by atoms with van der Waals surface area (Å²) in [4.78, 5) is 15.9. The van der Waals surface area contributed by atoms with Crippen molar-refractivity contribution in [2.24, 2.45) is 5.92 Å². The van der Waals surface area contributed by atoms with Crippen molar-refractivity contribution in [1.29, 1.82) is 0 Å². The van der Waals surface area contributed by atoms with Crippen LogP contribution in [0.3, 0.4) is 0 Å². The molecule has 0 radical (unpaired) electrons. The lowest BCUT2D eigenvalue weighted by molar-refractivity contribution is -0.124. The summed E-state index contributed by atoms with van der Waals surface area (Å²) < 4.78 is 0. The first-order valence-electron chi connectivity index (χ1n) is 5.03. The number of carbonyl (C=O) groups excluding carboxylic acids is 1. The molecule has 1 amide bonds. The average molecular weight is 201 g/mol. The van der Waals surface area contributed by atoms with E-state index in [1.54, 1.807) is 6.20 Å². The minimum Gasteiger partial charge on any atom is -0.370 e. The Morgan fingerprint density at radius 2 is 2.33 bits per heavy atom. The molecule has 2 heterocycles. The first-order valence-corrected chi connectivity index (χ1v) is 5.03. The van der Waals surface area contributed by atoms with Gasteiger partial charge in [0.15, 0.2) is 0 Å². The van der Waals surface area contributed by atoms with Gasteiger partial charge in [-0.25, -0.2) is 0 Å². The standard InChI is InChI=1S/C11H11N3O/c15-11-8-3-4-9-7(2-1-5-12-9)10(8)13-6-14-11/h1-2,4-5,8,13H,3,6H2,(H,14,15). The molecule has 1 aliphatic carbocycles. The lowest BCUT2D eigenvalue weighted by atomic mass is 9.93. The molecular formula is C11H11N3O. The van der Waals surface area contributed by atoms with E-state index in [1.165, 1.54) is 0 Å². The van der Waals surface area contributed by atoms with Gasteiger partial charge < -0.3 is 10.6 Å². The van der Waals surface area contributed by atoms with E-state index < -0.39 is 0 Å². The van der Waals surface area contributed by atoms with Crippen LogP contribution >= 0.6 is 0 Å². The minimum absolute atomic E-state index is 0.0598. The van der Waals surface area contributed by atoms with Crippen LogP contribution in [0.1, 0.15) is 6.42 Å². The van der Waals surface area contributed by atoms with Gasteiger partial charge in [-0.05, 0) is 18.6 Å². The van der Waals surface area contributed by atoms with E-state index >= 15 is 0 Å². The predicted octanol–water partition coefficient (Wildman–Crippen LogP) is -1.33. The molecule has 0 aromatic carbocycles. The Hall–Kier alpha value is -1.84. The van der Waals surface area contributed by atoms with Crippen molar-refractivity contribution < 1.29 is 4.79 Å². The third-order valence-electron chi connectivity index (χ3n) is 2.88. The molecular weight excluding hydrogens is 190 g/mol. The summed E-state index contributed by atoms with van der Waals surface area (Å²) in [6, 6.07) is 3.90. The molecule has 0 spiro atoms. The molecule has 3 rings (SSSR count). The average Bonchev–Trinajstić information content (AvgIpc) is 2.29. The number of rotatable bonds is 0. The SMILES string of the molecule is O=C1NCNC2=c3cccnc3=CCC12. The molecule has 4 heteroatoms. The van der Waals surface area contributed by atoms with Crippen LogP contribution in [0.25, 0.3) is 11.8 Å². The maximum absolute atomic E-state index is 11.6. The van der Waals surface area contributed by atoms with Crippen molar-refractivity contribution in [3.05, 3.63) is 28.9 Å². The topological polar surface area (TPSA) is 54.0 Å².